The van der Waals surface area contributed by atoms with Crippen molar-refractivity contribution in [3.8, 4) is 0 Å². The molecule has 0 unspecified atom stereocenters. The van der Waals surface area contributed by atoms with Gasteiger partial charge < -0.3 is 4.13 Å². The van der Waals surface area contributed by atoms with Crippen LogP contribution in [0, 0.1) is 7.40 Å². The standard InChI is InChI=1S/C6H9I2N2.C2F6NO4S2/c1-3-10-4-9(2)5(7)6(10)8;3-1(4,5)14(10,11)9-15(12,13)2(6,7)8/h4H,3H2,1-2H3;/q+1;-1. The summed E-state index contributed by atoms with van der Waals surface area (Å²) in [7, 11) is -11.4. The van der Waals surface area contributed by atoms with Gasteiger partial charge in [-0.2, -0.15) is 26.3 Å². The maximum absolute atomic E-state index is 11.4. The van der Waals surface area contributed by atoms with Gasteiger partial charge in [0.15, 0.2) is 20.0 Å². The molecule has 0 bridgehead atoms. The number of halogens is 8. The summed E-state index contributed by atoms with van der Waals surface area (Å²) in [6, 6.07) is 0. The minimum atomic E-state index is -6.72. The zero-order chi connectivity index (χ0) is 20.4. The highest BCUT2D eigenvalue weighted by Gasteiger charge is 2.46. The first-order valence-electron chi connectivity index (χ1n) is 5.64. The molecule has 1 heterocycles. The normalized spacial score (nSPS) is 13.4. The molecular weight excluding hydrogens is 634 g/mol. The van der Waals surface area contributed by atoms with E-state index in [9.17, 15) is 43.2 Å². The molecule has 0 saturated heterocycles. The fourth-order valence-electron chi connectivity index (χ4n) is 1.01. The maximum Gasteiger partial charge on any atom is 0.480 e. The largest absolute Gasteiger partial charge is 0.480 e. The second kappa shape index (κ2) is 8.42. The van der Waals surface area contributed by atoms with E-state index in [-0.39, 0.29) is 0 Å². The SMILES string of the molecule is CCn1c[n+](C)c(I)c1I.O=S(=O)([N-]S(=O)(=O)C(F)(F)F)C(F)(F)F. The fraction of sp³-hybridized carbons (Fsp3) is 0.625. The molecule has 0 atom stereocenters. The molecule has 0 fully saturated rings. The predicted molar refractivity (Wildman–Crippen MR) is 90.0 cm³/mol. The topological polar surface area (TPSA) is 91.2 Å². The number of alkyl halides is 6. The molecule has 148 valence electrons. The van der Waals surface area contributed by atoms with Crippen LogP contribution in [0.15, 0.2) is 6.33 Å². The average Bonchev–Trinajstić information content (AvgIpc) is 2.63. The summed E-state index contributed by atoms with van der Waals surface area (Å²) >= 11 is 4.71. The third kappa shape index (κ3) is 6.65. The fourth-order valence-corrected chi connectivity index (χ4v) is 4.00. The Kier molecular flexibility index (Phi) is 8.46. The van der Waals surface area contributed by atoms with Crippen molar-refractivity contribution >= 4 is 65.2 Å². The lowest BCUT2D eigenvalue weighted by Crippen LogP contribution is -2.30. The molecule has 17 heteroatoms. The molecule has 1 aromatic rings. The third-order valence-electron chi connectivity index (χ3n) is 2.17. The van der Waals surface area contributed by atoms with Crippen LogP contribution in [0.5, 0.6) is 0 Å². The van der Waals surface area contributed by atoms with Gasteiger partial charge in [0.25, 0.3) is 0 Å². The minimum absolute atomic E-state index is 0.778. The van der Waals surface area contributed by atoms with Gasteiger partial charge in [-0.25, -0.2) is 26.0 Å². The van der Waals surface area contributed by atoms with E-state index < -0.39 is 31.1 Å². The van der Waals surface area contributed by atoms with Crippen molar-refractivity contribution in [2.45, 2.75) is 24.5 Å². The number of hydrogen-bond donors (Lipinski definition) is 0. The Bertz CT molecular complexity index is 774. The summed E-state index contributed by atoms with van der Waals surface area (Å²) in [6.07, 6.45) is 2.11. The summed E-state index contributed by atoms with van der Waals surface area (Å²) in [5.41, 5.74) is -12.4. The van der Waals surface area contributed by atoms with Crippen molar-refractivity contribution in [2.75, 3.05) is 0 Å². The van der Waals surface area contributed by atoms with Crippen LogP contribution in [0.2, 0.25) is 0 Å². The first kappa shape index (κ1) is 25.1. The van der Waals surface area contributed by atoms with Gasteiger partial charge in [-0.05, 0) is 6.92 Å². The van der Waals surface area contributed by atoms with E-state index in [1.54, 1.807) is 0 Å². The zero-order valence-corrected chi connectivity index (χ0v) is 18.0. The molecule has 0 aromatic carbocycles. The quantitative estimate of drug-likeness (QED) is 0.288. The Morgan fingerprint density at radius 1 is 1.04 bits per heavy atom. The molecule has 25 heavy (non-hydrogen) atoms. The Morgan fingerprint density at radius 2 is 1.40 bits per heavy atom. The van der Waals surface area contributed by atoms with Gasteiger partial charge >= 0.3 is 11.0 Å². The van der Waals surface area contributed by atoms with Crippen LogP contribution < -0.4 is 4.57 Å². The molecule has 0 aliphatic rings. The molecular formula is C8H9F6I2N3O4S2. The van der Waals surface area contributed by atoms with E-state index >= 15 is 0 Å². The second-order valence-electron chi connectivity index (χ2n) is 4.01. The summed E-state index contributed by atoms with van der Waals surface area (Å²) in [6.45, 7) is 3.20. The predicted octanol–water partition coefficient (Wildman–Crippen LogP) is 2.60. The van der Waals surface area contributed by atoms with E-state index in [1.165, 1.54) is 7.40 Å². The van der Waals surface area contributed by atoms with Gasteiger partial charge in [0.05, 0.1) is 13.6 Å². The van der Waals surface area contributed by atoms with Crippen LogP contribution in [0.4, 0.5) is 26.3 Å². The van der Waals surface area contributed by atoms with Crippen LogP contribution in [0.3, 0.4) is 0 Å². The minimum Gasteiger partial charge on any atom is -0.421 e. The highest BCUT2D eigenvalue weighted by Crippen LogP contribution is 2.36. The number of aromatic nitrogens is 2. The monoisotopic (exact) mass is 643 g/mol. The molecule has 0 aliphatic carbocycles. The first-order valence-corrected chi connectivity index (χ1v) is 10.7. The molecule has 1 aromatic heterocycles. The number of sulfonamides is 2. The van der Waals surface area contributed by atoms with Crippen LogP contribution in [-0.4, -0.2) is 32.4 Å². The van der Waals surface area contributed by atoms with Crippen LogP contribution >= 0.6 is 45.2 Å². The van der Waals surface area contributed by atoms with Gasteiger partial charge in [-0.3, -0.25) is 0 Å². The molecule has 1 rings (SSSR count). The number of hydrogen-bond acceptors (Lipinski definition) is 4. The number of nitrogens with zero attached hydrogens (tertiary/aromatic N) is 3. The van der Waals surface area contributed by atoms with Gasteiger partial charge in [-0.1, -0.05) is 0 Å². The van der Waals surface area contributed by atoms with Crippen molar-refractivity contribution in [1.82, 2.24) is 4.57 Å². The van der Waals surface area contributed by atoms with Crippen molar-refractivity contribution in [3.63, 3.8) is 0 Å². The van der Waals surface area contributed by atoms with E-state index in [1.807, 2.05) is 0 Å². The van der Waals surface area contributed by atoms with Crippen molar-refractivity contribution in [1.29, 1.82) is 0 Å². The molecule has 0 aliphatic heterocycles. The summed E-state index contributed by atoms with van der Waals surface area (Å²) in [5.74, 6) is 0. The lowest BCUT2D eigenvalue weighted by atomic mass is 10.7. The van der Waals surface area contributed by atoms with Crippen LogP contribution in [0.1, 0.15) is 6.92 Å². The lowest BCUT2D eigenvalue weighted by Gasteiger charge is -2.22. The van der Waals surface area contributed by atoms with E-state index in [4.69, 9.17) is 0 Å². The molecule has 0 saturated carbocycles. The van der Waals surface area contributed by atoms with Crippen LogP contribution in [-0.2, 0) is 33.6 Å². The Hall–Kier alpha value is 0.110. The molecule has 0 spiro atoms. The third-order valence-corrected chi connectivity index (χ3v) is 8.34. The Balaban J connectivity index is 0.000000496. The van der Waals surface area contributed by atoms with Gasteiger partial charge in [0, 0.05) is 45.2 Å². The number of imidazole rings is 1. The molecule has 0 amide bonds. The zero-order valence-electron chi connectivity index (χ0n) is 12.1. The first-order chi connectivity index (χ1) is 10.9. The van der Waals surface area contributed by atoms with Crippen molar-refractivity contribution in [3.05, 3.63) is 17.9 Å². The van der Waals surface area contributed by atoms with Crippen LogP contribution in [0.25, 0.3) is 4.13 Å². The summed E-state index contributed by atoms with van der Waals surface area (Å²) in [5, 5.41) is 0. The van der Waals surface area contributed by atoms with Crippen molar-refractivity contribution in [2.24, 2.45) is 7.05 Å². The smallest absolute Gasteiger partial charge is 0.421 e. The number of rotatable bonds is 3. The van der Waals surface area contributed by atoms with E-state index in [2.05, 4.69) is 74.6 Å². The molecule has 0 radical (unpaired) electrons. The van der Waals surface area contributed by atoms with Crippen molar-refractivity contribution < 1.29 is 47.7 Å². The Labute approximate surface area is 166 Å². The summed E-state index contributed by atoms with van der Waals surface area (Å²) < 4.78 is 116. The van der Waals surface area contributed by atoms with Gasteiger partial charge in [-0.15, -0.1) is 0 Å². The number of aryl methyl sites for hydroxylation is 2. The second-order valence-corrected chi connectivity index (χ2v) is 9.48. The van der Waals surface area contributed by atoms with Gasteiger partial charge in [0.2, 0.25) is 13.7 Å². The Morgan fingerprint density at radius 3 is 1.56 bits per heavy atom. The highest BCUT2D eigenvalue weighted by atomic mass is 127. The lowest BCUT2D eigenvalue weighted by molar-refractivity contribution is -0.683. The summed E-state index contributed by atoms with van der Waals surface area (Å²) in [4.78, 5) is 0. The molecule has 0 N–H and O–H groups in total. The maximum atomic E-state index is 11.4. The molecule has 7 nitrogen and oxygen atoms in total. The van der Waals surface area contributed by atoms with Gasteiger partial charge in [0.1, 0.15) is 0 Å². The van der Waals surface area contributed by atoms with E-state index in [0.29, 0.717) is 0 Å². The van der Waals surface area contributed by atoms with E-state index in [0.717, 1.165) is 10.7 Å². The highest BCUT2D eigenvalue weighted by molar-refractivity contribution is 14.1. The average molecular weight is 643 g/mol.